The minimum Gasteiger partial charge on any atom is -0.265 e. The van der Waals surface area contributed by atoms with Crippen molar-refractivity contribution in [2.75, 3.05) is 0 Å². The van der Waals surface area contributed by atoms with Crippen LogP contribution in [0.25, 0.3) is 5.65 Å². The predicted molar refractivity (Wildman–Crippen MR) is 72.3 cm³/mol. The smallest absolute Gasteiger partial charge is 0.157 e. The lowest BCUT2D eigenvalue weighted by Gasteiger charge is -2.04. The Balaban J connectivity index is 1.75. The highest BCUT2D eigenvalue weighted by Crippen LogP contribution is 2.55. The Morgan fingerprint density at radius 3 is 2.84 bits per heavy atom. The van der Waals surface area contributed by atoms with Gasteiger partial charge in [0.1, 0.15) is 5.15 Å². The molecule has 1 aliphatic rings. The third-order valence-electron chi connectivity index (χ3n) is 3.68. The molecule has 1 saturated carbocycles. The van der Waals surface area contributed by atoms with Gasteiger partial charge in [0.15, 0.2) is 5.65 Å². The second kappa shape index (κ2) is 4.03. The van der Waals surface area contributed by atoms with E-state index in [-0.39, 0.29) is 0 Å². The standard InChI is InChI=1S/C14H11ClN4/c15-13-8-12(14-17-5-6-19(14)18-13)11-7-10(11)9-1-3-16-4-2-9/h1-6,8,10-11H,7H2. The third kappa shape index (κ3) is 1.79. The molecular formula is C14H11ClN4. The van der Waals surface area contributed by atoms with Crippen molar-refractivity contribution < 1.29 is 0 Å². The summed E-state index contributed by atoms with van der Waals surface area (Å²) in [6.07, 6.45) is 8.40. The molecule has 3 aromatic heterocycles. The molecule has 4 rings (SSSR count). The van der Waals surface area contributed by atoms with Crippen molar-refractivity contribution in [3.63, 3.8) is 0 Å². The van der Waals surface area contributed by atoms with Gasteiger partial charge in [-0.2, -0.15) is 5.10 Å². The lowest BCUT2D eigenvalue weighted by atomic mass is 10.1. The Labute approximate surface area is 115 Å². The minimum atomic E-state index is 0.479. The molecule has 1 aliphatic carbocycles. The summed E-state index contributed by atoms with van der Waals surface area (Å²) >= 11 is 6.08. The van der Waals surface area contributed by atoms with E-state index in [1.54, 1.807) is 10.7 Å². The maximum Gasteiger partial charge on any atom is 0.157 e. The van der Waals surface area contributed by atoms with Crippen molar-refractivity contribution in [2.24, 2.45) is 0 Å². The third-order valence-corrected chi connectivity index (χ3v) is 3.87. The summed E-state index contributed by atoms with van der Waals surface area (Å²) in [6, 6.07) is 6.10. The van der Waals surface area contributed by atoms with E-state index in [1.165, 1.54) is 11.1 Å². The largest absolute Gasteiger partial charge is 0.265 e. The summed E-state index contributed by atoms with van der Waals surface area (Å²) in [4.78, 5) is 8.44. The van der Waals surface area contributed by atoms with Crippen molar-refractivity contribution in [1.29, 1.82) is 0 Å². The number of nitrogens with zero attached hydrogens (tertiary/aromatic N) is 4. The second-order valence-corrected chi connectivity index (χ2v) is 5.23. The van der Waals surface area contributed by atoms with Crippen LogP contribution in [0.4, 0.5) is 0 Å². The molecule has 19 heavy (non-hydrogen) atoms. The molecule has 1 fully saturated rings. The molecule has 0 radical (unpaired) electrons. The molecule has 0 spiro atoms. The lowest BCUT2D eigenvalue weighted by molar-refractivity contribution is 0.905. The minimum absolute atomic E-state index is 0.479. The number of fused-ring (bicyclic) bond motifs is 1. The Morgan fingerprint density at radius 1 is 1.16 bits per heavy atom. The number of pyridine rings is 1. The first-order chi connectivity index (χ1) is 9.33. The molecule has 94 valence electrons. The first kappa shape index (κ1) is 10.9. The van der Waals surface area contributed by atoms with Gasteiger partial charge in [-0.1, -0.05) is 11.6 Å². The monoisotopic (exact) mass is 270 g/mol. The Kier molecular flexibility index (Phi) is 2.32. The summed E-state index contributed by atoms with van der Waals surface area (Å²) in [5.41, 5.74) is 3.43. The van der Waals surface area contributed by atoms with Gasteiger partial charge < -0.3 is 0 Å². The second-order valence-electron chi connectivity index (χ2n) is 4.85. The molecule has 0 aromatic carbocycles. The van der Waals surface area contributed by atoms with Gasteiger partial charge >= 0.3 is 0 Å². The van der Waals surface area contributed by atoms with Gasteiger partial charge in [-0.15, -0.1) is 0 Å². The first-order valence-electron chi connectivity index (χ1n) is 6.22. The maximum atomic E-state index is 6.08. The topological polar surface area (TPSA) is 43.1 Å². The fourth-order valence-corrected chi connectivity index (χ4v) is 2.90. The number of rotatable bonds is 2. The number of hydrogen-bond acceptors (Lipinski definition) is 3. The molecule has 4 nitrogen and oxygen atoms in total. The van der Waals surface area contributed by atoms with E-state index in [0.29, 0.717) is 17.0 Å². The predicted octanol–water partition coefficient (Wildman–Crippen LogP) is 3.05. The van der Waals surface area contributed by atoms with Crippen molar-refractivity contribution in [3.05, 3.63) is 59.3 Å². The molecule has 0 bridgehead atoms. The van der Waals surface area contributed by atoms with Crippen molar-refractivity contribution >= 4 is 17.2 Å². The average molecular weight is 271 g/mol. The van der Waals surface area contributed by atoms with Crippen LogP contribution in [-0.4, -0.2) is 19.6 Å². The first-order valence-corrected chi connectivity index (χ1v) is 6.60. The molecule has 3 aromatic rings. The Hall–Kier alpha value is -1.94. The van der Waals surface area contributed by atoms with Crippen LogP contribution >= 0.6 is 11.6 Å². The van der Waals surface area contributed by atoms with E-state index in [4.69, 9.17) is 11.6 Å². The van der Waals surface area contributed by atoms with Gasteiger partial charge in [0.25, 0.3) is 0 Å². The lowest BCUT2D eigenvalue weighted by Crippen LogP contribution is -1.96. The fraction of sp³-hybridized carbons (Fsp3) is 0.214. The van der Waals surface area contributed by atoms with E-state index < -0.39 is 0 Å². The number of imidazole rings is 1. The van der Waals surface area contributed by atoms with Crippen molar-refractivity contribution in [3.8, 4) is 0 Å². The van der Waals surface area contributed by atoms with E-state index >= 15 is 0 Å². The van der Waals surface area contributed by atoms with Crippen LogP contribution in [0, 0.1) is 0 Å². The summed E-state index contributed by atoms with van der Waals surface area (Å²) in [5, 5.41) is 4.73. The maximum absolute atomic E-state index is 6.08. The highest BCUT2D eigenvalue weighted by molar-refractivity contribution is 6.29. The molecule has 5 heteroatoms. The summed E-state index contributed by atoms with van der Waals surface area (Å²) in [6.45, 7) is 0. The van der Waals surface area contributed by atoms with Gasteiger partial charge in [-0.3, -0.25) is 4.98 Å². The molecule has 2 unspecified atom stereocenters. The van der Waals surface area contributed by atoms with Gasteiger partial charge in [0.2, 0.25) is 0 Å². The number of aromatic nitrogens is 4. The van der Waals surface area contributed by atoms with Crippen LogP contribution in [0.3, 0.4) is 0 Å². The van der Waals surface area contributed by atoms with Gasteiger partial charge in [-0.25, -0.2) is 9.50 Å². The zero-order valence-corrected chi connectivity index (χ0v) is 10.8. The molecule has 0 N–H and O–H groups in total. The van der Waals surface area contributed by atoms with E-state index in [1.807, 2.05) is 24.7 Å². The quantitative estimate of drug-likeness (QED) is 0.719. The van der Waals surface area contributed by atoms with Gasteiger partial charge in [0.05, 0.1) is 0 Å². The molecule has 2 atom stereocenters. The van der Waals surface area contributed by atoms with Crippen LogP contribution in [0.2, 0.25) is 5.15 Å². The van der Waals surface area contributed by atoms with Gasteiger partial charge in [0, 0.05) is 30.4 Å². The number of hydrogen-bond donors (Lipinski definition) is 0. The highest BCUT2D eigenvalue weighted by atomic mass is 35.5. The van der Waals surface area contributed by atoms with E-state index in [9.17, 15) is 0 Å². The zero-order chi connectivity index (χ0) is 12.8. The molecule has 0 saturated heterocycles. The van der Waals surface area contributed by atoms with Crippen molar-refractivity contribution in [2.45, 2.75) is 18.3 Å². The van der Waals surface area contributed by atoms with Crippen LogP contribution in [0.1, 0.15) is 29.4 Å². The Morgan fingerprint density at radius 2 is 2.00 bits per heavy atom. The zero-order valence-electron chi connectivity index (χ0n) is 10.1. The normalized spacial score (nSPS) is 21.7. The van der Waals surface area contributed by atoms with Gasteiger partial charge in [-0.05, 0) is 42.0 Å². The molecule has 0 aliphatic heterocycles. The molecule has 3 heterocycles. The molecule has 0 amide bonds. The molecular weight excluding hydrogens is 260 g/mol. The van der Waals surface area contributed by atoms with Crippen LogP contribution in [0.15, 0.2) is 43.0 Å². The Bertz CT molecular complexity index is 738. The average Bonchev–Trinajstić information content (AvgIpc) is 3.10. The fourth-order valence-electron chi connectivity index (χ4n) is 2.70. The van der Waals surface area contributed by atoms with Crippen LogP contribution < -0.4 is 0 Å². The summed E-state index contributed by atoms with van der Waals surface area (Å²) in [5.74, 6) is 1.02. The number of halogens is 1. The SMILES string of the molecule is Clc1cc(C2CC2c2ccncc2)c2nccn2n1. The van der Waals surface area contributed by atoms with Crippen LogP contribution in [0.5, 0.6) is 0 Å². The summed E-state index contributed by atoms with van der Waals surface area (Å²) < 4.78 is 1.75. The highest BCUT2D eigenvalue weighted by Gasteiger charge is 2.41. The van der Waals surface area contributed by atoms with Crippen molar-refractivity contribution in [1.82, 2.24) is 19.6 Å². The summed E-state index contributed by atoms with van der Waals surface area (Å²) in [7, 11) is 0. The van der Waals surface area contributed by atoms with E-state index in [0.717, 1.165) is 12.1 Å². The van der Waals surface area contributed by atoms with E-state index in [2.05, 4.69) is 27.2 Å². The van der Waals surface area contributed by atoms with Crippen LogP contribution in [-0.2, 0) is 0 Å².